The normalized spacial score (nSPS) is 10.2. The van der Waals surface area contributed by atoms with Crippen LogP contribution in [-0.2, 0) is 6.54 Å². The summed E-state index contributed by atoms with van der Waals surface area (Å²) in [5.74, 6) is 0.966. The minimum absolute atomic E-state index is 0.721. The monoisotopic (exact) mass is 289 g/mol. The number of aromatic nitrogens is 1. The van der Waals surface area contributed by atoms with Gasteiger partial charge in [-0.05, 0) is 17.9 Å². The molecule has 0 fully saturated rings. The lowest BCUT2D eigenvalue weighted by atomic mass is 10.1. The highest BCUT2D eigenvalue weighted by molar-refractivity contribution is 7.99. The number of hydrogen-bond donors (Lipinski definition) is 0. The minimum Gasteiger partial charge on any atom is -0.368 e. The predicted octanol–water partition coefficient (Wildman–Crippen LogP) is 3.76. The highest BCUT2D eigenvalue weighted by Gasteiger charge is 2.12. The van der Waals surface area contributed by atoms with Crippen molar-refractivity contribution in [1.82, 2.24) is 4.98 Å². The van der Waals surface area contributed by atoms with E-state index in [0.29, 0.717) is 0 Å². The SMILES string of the molecule is CCSc1cccc(N(C)Cc2cscn2)c1C#N. The van der Waals surface area contributed by atoms with Crippen LogP contribution in [0.1, 0.15) is 18.2 Å². The predicted molar refractivity (Wildman–Crippen MR) is 81.8 cm³/mol. The summed E-state index contributed by atoms with van der Waals surface area (Å²) in [7, 11) is 2.00. The van der Waals surface area contributed by atoms with Crippen molar-refractivity contribution in [2.24, 2.45) is 0 Å². The number of benzene rings is 1. The van der Waals surface area contributed by atoms with Gasteiger partial charge in [0, 0.05) is 17.3 Å². The van der Waals surface area contributed by atoms with Crippen LogP contribution in [0.5, 0.6) is 0 Å². The van der Waals surface area contributed by atoms with Crippen molar-refractivity contribution in [3.63, 3.8) is 0 Å². The minimum atomic E-state index is 0.721. The molecule has 1 aromatic carbocycles. The molecule has 0 saturated carbocycles. The van der Waals surface area contributed by atoms with Crippen molar-refractivity contribution in [3.05, 3.63) is 40.3 Å². The van der Waals surface area contributed by atoms with Crippen LogP contribution in [0.3, 0.4) is 0 Å². The number of thioether (sulfide) groups is 1. The van der Waals surface area contributed by atoms with Gasteiger partial charge in [0.2, 0.25) is 0 Å². The molecule has 0 spiro atoms. The summed E-state index contributed by atoms with van der Waals surface area (Å²) in [4.78, 5) is 7.41. The molecule has 0 radical (unpaired) electrons. The van der Waals surface area contributed by atoms with Crippen molar-refractivity contribution >= 4 is 28.8 Å². The third kappa shape index (κ3) is 3.28. The Balaban J connectivity index is 2.28. The lowest BCUT2D eigenvalue weighted by Crippen LogP contribution is -2.18. The average molecular weight is 289 g/mol. The molecule has 2 rings (SSSR count). The quantitative estimate of drug-likeness (QED) is 0.786. The Bertz CT molecular complexity index is 573. The number of anilines is 1. The molecule has 1 heterocycles. The molecule has 1 aromatic heterocycles. The zero-order valence-electron chi connectivity index (χ0n) is 11.0. The van der Waals surface area contributed by atoms with Crippen molar-refractivity contribution in [2.45, 2.75) is 18.4 Å². The molecule has 0 aliphatic heterocycles. The zero-order valence-corrected chi connectivity index (χ0v) is 12.6. The first kappa shape index (κ1) is 13.9. The maximum absolute atomic E-state index is 9.40. The summed E-state index contributed by atoms with van der Waals surface area (Å²) in [5, 5.41) is 11.4. The highest BCUT2D eigenvalue weighted by atomic mass is 32.2. The second-order valence-electron chi connectivity index (χ2n) is 4.03. The van der Waals surface area contributed by atoms with E-state index in [1.807, 2.05) is 36.1 Å². The Labute approximate surface area is 121 Å². The van der Waals surface area contributed by atoms with Crippen LogP contribution in [0.2, 0.25) is 0 Å². The van der Waals surface area contributed by atoms with E-state index in [2.05, 4.69) is 22.9 Å². The number of nitriles is 1. The Kier molecular flexibility index (Phi) is 4.83. The van der Waals surface area contributed by atoms with Gasteiger partial charge in [-0.25, -0.2) is 4.98 Å². The van der Waals surface area contributed by atoms with Gasteiger partial charge in [-0.2, -0.15) is 5.26 Å². The van der Waals surface area contributed by atoms with Crippen LogP contribution in [0.25, 0.3) is 0 Å². The maximum atomic E-state index is 9.40. The first-order valence-corrected chi connectivity index (χ1v) is 7.93. The molecule has 0 unspecified atom stereocenters. The van der Waals surface area contributed by atoms with Gasteiger partial charge >= 0.3 is 0 Å². The number of thiazole rings is 1. The van der Waals surface area contributed by atoms with Crippen molar-refractivity contribution in [3.8, 4) is 6.07 Å². The Morgan fingerprint density at radius 1 is 1.47 bits per heavy atom. The van der Waals surface area contributed by atoms with E-state index in [4.69, 9.17) is 0 Å². The average Bonchev–Trinajstić information content (AvgIpc) is 2.91. The van der Waals surface area contributed by atoms with E-state index in [9.17, 15) is 5.26 Å². The van der Waals surface area contributed by atoms with Gasteiger partial charge in [-0.1, -0.05) is 13.0 Å². The van der Waals surface area contributed by atoms with Gasteiger partial charge in [0.25, 0.3) is 0 Å². The third-order valence-corrected chi connectivity index (χ3v) is 4.28. The van der Waals surface area contributed by atoms with Gasteiger partial charge in [-0.15, -0.1) is 23.1 Å². The van der Waals surface area contributed by atoms with Gasteiger partial charge in [-0.3, -0.25) is 0 Å². The molecule has 0 amide bonds. The summed E-state index contributed by atoms with van der Waals surface area (Å²) < 4.78 is 0. The largest absolute Gasteiger partial charge is 0.368 e. The van der Waals surface area contributed by atoms with Crippen molar-refractivity contribution in [2.75, 3.05) is 17.7 Å². The lowest BCUT2D eigenvalue weighted by Gasteiger charge is -2.20. The maximum Gasteiger partial charge on any atom is 0.103 e. The van der Waals surface area contributed by atoms with E-state index < -0.39 is 0 Å². The third-order valence-electron chi connectivity index (χ3n) is 2.71. The molecule has 98 valence electrons. The number of nitrogens with zero attached hydrogens (tertiary/aromatic N) is 3. The summed E-state index contributed by atoms with van der Waals surface area (Å²) in [6, 6.07) is 8.33. The molecule has 0 saturated heterocycles. The van der Waals surface area contributed by atoms with Gasteiger partial charge in [0.15, 0.2) is 0 Å². The summed E-state index contributed by atoms with van der Waals surface area (Å²) in [6.07, 6.45) is 0. The van der Waals surface area contributed by atoms with Crippen molar-refractivity contribution in [1.29, 1.82) is 5.26 Å². The smallest absolute Gasteiger partial charge is 0.103 e. The van der Waals surface area contributed by atoms with Crippen LogP contribution in [0.15, 0.2) is 34.0 Å². The summed E-state index contributed by atoms with van der Waals surface area (Å²) >= 11 is 3.29. The van der Waals surface area contributed by atoms with Gasteiger partial charge < -0.3 is 4.90 Å². The first-order chi connectivity index (χ1) is 9.26. The Morgan fingerprint density at radius 3 is 2.95 bits per heavy atom. The van der Waals surface area contributed by atoms with Crippen LogP contribution in [0, 0.1) is 11.3 Å². The van der Waals surface area contributed by atoms with Crippen LogP contribution in [-0.4, -0.2) is 17.8 Å². The molecule has 0 N–H and O–H groups in total. The van der Waals surface area contributed by atoms with Crippen LogP contribution < -0.4 is 4.90 Å². The van der Waals surface area contributed by atoms with Crippen LogP contribution in [0.4, 0.5) is 5.69 Å². The van der Waals surface area contributed by atoms with E-state index in [-0.39, 0.29) is 0 Å². The Morgan fingerprint density at radius 2 is 2.32 bits per heavy atom. The molecular weight excluding hydrogens is 274 g/mol. The lowest BCUT2D eigenvalue weighted by molar-refractivity contribution is 0.890. The molecule has 0 bridgehead atoms. The van der Waals surface area contributed by atoms with E-state index in [1.54, 1.807) is 23.1 Å². The first-order valence-electron chi connectivity index (χ1n) is 6.00. The number of rotatable bonds is 5. The number of hydrogen-bond acceptors (Lipinski definition) is 5. The van der Waals surface area contributed by atoms with Crippen LogP contribution >= 0.6 is 23.1 Å². The molecule has 19 heavy (non-hydrogen) atoms. The fraction of sp³-hybridized carbons (Fsp3) is 0.286. The fourth-order valence-electron chi connectivity index (χ4n) is 1.87. The van der Waals surface area contributed by atoms with E-state index in [1.165, 1.54) is 0 Å². The highest BCUT2D eigenvalue weighted by Crippen LogP contribution is 2.30. The molecule has 5 heteroatoms. The molecule has 2 aromatic rings. The fourth-order valence-corrected chi connectivity index (χ4v) is 3.20. The summed E-state index contributed by atoms with van der Waals surface area (Å²) in [6.45, 7) is 2.82. The molecule has 0 aliphatic carbocycles. The van der Waals surface area contributed by atoms with E-state index in [0.717, 1.165) is 34.1 Å². The second kappa shape index (κ2) is 6.60. The molecule has 0 aliphatic rings. The standard InChI is InChI=1S/C14H15N3S2/c1-3-19-14-6-4-5-13(12(14)7-15)17(2)8-11-9-18-10-16-11/h4-6,9-10H,3,8H2,1-2H3. The Hall–Kier alpha value is -1.51. The molecule has 0 atom stereocenters. The molecular formula is C14H15N3S2. The summed E-state index contributed by atoms with van der Waals surface area (Å²) in [5.41, 5.74) is 4.59. The topological polar surface area (TPSA) is 39.9 Å². The molecule has 3 nitrogen and oxygen atoms in total. The van der Waals surface area contributed by atoms with E-state index >= 15 is 0 Å². The van der Waals surface area contributed by atoms with Crippen molar-refractivity contribution < 1.29 is 0 Å². The van der Waals surface area contributed by atoms with Gasteiger partial charge in [0.05, 0.1) is 29.0 Å². The van der Waals surface area contributed by atoms with Gasteiger partial charge in [0.1, 0.15) is 6.07 Å². The zero-order chi connectivity index (χ0) is 13.7. The second-order valence-corrected chi connectivity index (χ2v) is 6.06.